The Morgan fingerprint density at radius 1 is 1.13 bits per heavy atom. The van der Waals surface area contributed by atoms with Gasteiger partial charge in [-0.3, -0.25) is 9.89 Å². The van der Waals surface area contributed by atoms with E-state index in [1.54, 1.807) is 20.8 Å². The Balaban J connectivity index is 1.57. The summed E-state index contributed by atoms with van der Waals surface area (Å²) in [5, 5.41) is 6.87. The van der Waals surface area contributed by atoms with E-state index in [2.05, 4.69) is 50.9 Å². The maximum absolute atomic E-state index is 12.3. The molecule has 1 aromatic carbocycles. The van der Waals surface area contributed by atoms with Crippen LogP contribution in [0.4, 0.5) is 0 Å². The maximum Gasteiger partial charge on any atom is 0.191 e. The van der Waals surface area contributed by atoms with Gasteiger partial charge in [-0.1, -0.05) is 30.3 Å². The van der Waals surface area contributed by atoms with Gasteiger partial charge in [0, 0.05) is 31.2 Å². The number of hydrogen-bond donors (Lipinski definition) is 2. The summed E-state index contributed by atoms with van der Waals surface area (Å²) in [4.78, 5) is 7.24. The van der Waals surface area contributed by atoms with E-state index >= 15 is 0 Å². The lowest BCUT2D eigenvalue weighted by Crippen LogP contribution is -2.52. The van der Waals surface area contributed by atoms with Gasteiger partial charge in [0.25, 0.3) is 0 Å². The molecule has 2 aliphatic rings. The number of benzene rings is 1. The van der Waals surface area contributed by atoms with Crippen molar-refractivity contribution in [3.05, 3.63) is 35.9 Å². The molecule has 30 heavy (non-hydrogen) atoms. The normalized spacial score (nSPS) is 25.3. The second-order valence-corrected chi connectivity index (χ2v) is 12.4. The molecular weight excluding hydrogens is 396 g/mol. The maximum atomic E-state index is 12.3. The Morgan fingerprint density at radius 2 is 1.77 bits per heavy atom. The minimum absolute atomic E-state index is 0.0772. The molecule has 2 N–H and O–H groups in total. The van der Waals surface area contributed by atoms with E-state index in [4.69, 9.17) is 0 Å². The van der Waals surface area contributed by atoms with Crippen LogP contribution in [0.25, 0.3) is 0 Å². The summed E-state index contributed by atoms with van der Waals surface area (Å²) < 4.78 is 24.0. The van der Waals surface area contributed by atoms with E-state index in [0.29, 0.717) is 18.1 Å². The summed E-state index contributed by atoms with van der Waals surface area (Å²) >= 11 is 0. The SMILES string of the molecule is CCNC(=NCCS(=O)(=O)C(C)(C)C)NC1CC2CCC(C1)N2Cc1ccccc1. The molecule has 2 bridgehead atoms. The highest BCUT2D eigenvalue weighted by Gasteiger charge is 2.40. The van der Waals surface area contributed by atoms with Crippen molar-refractivity contribution in [3.8, 4) is 0 Å². The first-order valence-corrected chi connectivity index (χ1v) is 12.9. The second kappa shape index (κ2) is 9.69. The van der Waals surface area contributed by atoms with Gasteiger partial charge in [0.1, 0.15) is 0 Å². The van der Waals surface area contributed by atoms with Crippen molar-refractivity contribution in [3.63, 3.8) is 0 Å². The number of piperidine rings is 1. The van der Waals surface area contributed by atoms with Gasteiger partial charge in [-0.15, -0.1) is 0 Å². The smallest absolute Gasteiger partial charge is 0.191 e. The summed E-state index contributed by atoms with van der Waals surface area (Å²) in [6.45, 7) is 9.35. The second-order valence-electron chi connectivity index (χ2n) is 9.55. The number of guanidine groups is 1. The Bertz CT molecular complexity index is 803. The molecule has 168 valence electrons. The third-order valence-electron chi connectivity index (χ3n) is 6.34. The lowest BCUT2D eigenvalue weighted by Gasteiger charge is -2.39. The van der Waals surface area contributed by atoms with Crippen LogP contribution in [0, 0.1) is 0 Å². The minimum atomic E-state index is -3.16. The van der Waals surface area contributed by atoms with Crippen LogP contribution in [0.5, 0.6) is 0 Å². The van der Waals surface area contributed by atoms with Crippen LogP contribution in [-0.4, -0.2) is 61.0 Å². The predicted molar refractivity (Wildman–Crippen MR) is 124 cm³/mol. The lowest BCUT2D eigenvalue weighted by atomic mass is 9.96. The first-order chi connectivity index (χ1) is 14.2. The van der Waals surface area contributed by atoms with Crippen LogP contribution in [-0.2, 0) is 16.4 Å². The van der Waals surface area contributed by atoms with Crippen molar-refractivity contribution in [2.75, 3.05) is 18.8 Å². The summed E-state index contributed by atoms with van der Waals surface area (Å²) in [5.74, 6) is 0.816. The van der Waals surface area contributed by atoms with E-state index < -0.39 is 14.6 Å². The molecule has 2 aliphatic heterocycles. The van der Waals surface area contributed by atoms with Gasteiger partial charge < -0.3 is 10.6 Å². The fourth-order valence-electron chi connectivity index (χ4n) is 4.54. The number of nitrogens with zero attached hydrogens (tertiary/aromatic N) is 2. The molecule has 0 saturated carbocycles. The number of sulfone groups is 1. The van der Waals surface area contributed by atoms with Gasteiger partial charge in [-0.05, 0) is 58.9 Å². The number of aliphatic imine (C=N–C) groups is 1. The van der Waals surface area contributed by atoms with Gasteiger partial charge >= 0.3 is 0 Å². The average molecular weight is 435 g/mol. The van der Waals surface area contributed by atoms with Gasteiger partial charge in [0.2, 0.25) is 0 Å². The van der Waals surface area contributed by atoms with Gasteiger partial charge in [-0.25, -0.2) is 8.42 Å². The van der Waals surface area contributed by atoms with Crippen LogP contribution in [0.3, 0.4) is 0 Å². The number of hydrogen-bond acceptors (Lipinski definition) is 4. The van der Waals surface area contributed by atoms with Crippen LogP contribution >= 0.6 is 0 Å². The first-order valence-electron chi connectivity index (χ1n) is 11.3. The lowest BCUT2D eigenvalue weighted by molar-refractivity contribution is 0.114. The fraction of sp³-hybridized carbons (Fsp3) is 0.696. The molecule has 1 aromatic rings. The zero-order valence-electron chi connectivity index (χ0n) is 18.9. The number of rotatable bonds is 7. The molecule has 2 heterocycles. The number of fused-ring (bicyclic) bond motifs is 2. The molecule has 2 unspecified atom stereocenters. The zero-order chi connectivity index (χ0) is 21.8. The largest absolute Gasteiger partial charge is 0.357 e. The van der Waals surface area contributed by atoms with E-state index in [1.807, 2.05) is 6.92 Å². The highest BCUT2D eigenvalue weighted by molar-refractivity contribution is 7.92. The highest BCUT2D eigenvalue weighted by Crippen LogP contribution is 2.36. The monoisotopic (exact) mass is 434 g/mol. The molecule has 0 spiro atoms. The third kappa shape index (κ3) is 5.76. The summed E-state index contributed by atoms with van der Waals surface area (Å²) in [6.07, 6.45) is 4.72. The molecule has 2 fully saturated rings. The van der Waals surface area contributed by atoms with Gasteiger partial charge in [0.15, 0.2) is 15.8 Å². The minimum Gasteiger partial charge on any atom is -0.357 e. The molecule has 6 nitrogen and oxygen atoms in total. The standard InChI is InChI=1S/C23H38N4O2S/c1-5-24-22(25-13-14-30(28,29)23(2,3)4)26-19-15-20-11-12-21(16-19)27(20)17-18-9-7-6-8-10-18/h6-10,19-21H,5,11-17H2,1-4H3,(H2,24,25,26). The summed E-state index contributed by atoms with van der Waals surface area (Å²) in [7, 11) is -3.16. The van der Waals surface area contributed by atoms with Crippen LogP contribution < -0.4 is 10.6 Å². The van der Waals surface area contributed by atoms with E-state index in [0.717, 1.165) is 31.9 Å². The van der Waals surface area contributed by atoms with Crippen molar-refractivity contribution in [1.29, 1.82) is 0 Å². The van der Waals surface area contributed by atoms with Crippen molar-refractivity contribution in [2.24, 2.45) is 4.99 Å². The molecule has 3 rings (SSSR count). The van der Waals surface area contributed by atoms with Crippen molar-refractivity contribution in [2.45, 2.75) is 82.8 Å². The summed E-state index contributed by atoms with van der Waals surface area (Å²) in [6, 6.07) is 12.3. The molecular formula is C23H38N4O2S. The Kier molecular flexibility index (Phi) is 7.45. The van der Waals surface area contributed by atoms with Crippen molar-refractivity contribution in [1.82, 2.24) is 15.5 Å². The molecule has 2 saturated heterocycles. The molecule has 7 heteroatoms. The van der Waals surface area contributed by atoms with E-state index in [-0.39, 0.29) is 12.3 Å². The third-order valence-corrected chi connectivity index (χ3v) is 8.93. The van der Waals surface area contributed by atoms with Crippen LogP contribution in [0.2, 0.25) is 0 Å². The molecule has 0 radical (unpaired) electrons. The van der Waals surface area contributed by atoms with E-state index in [9.17, 15) is 8.42 Å². The van der Waals surface area contributed by atoms with Crippen LogP contribution in [0.15, 0.2) is 35.3 Å². The Hall–Kier alpha value is -1.60. The predicted octanol–water partition coefficient (Wildman–Crippen LogP) is 2.95. The molecule has 0 aromatic heterocycles. The Morgan fingerprint density at radius 3 is 2.33 bits per heavy atom. The highest BCUT2D eigenvalue weighted by atomic mass is 32.2. The Labute approximate surface area is 182 Å². The quantitative estimate of drug-likeness (QED) is 0.510. The fourth-order valence-corrected chi connectivity index (χ4v) is 5.49. The number of nitrogens with one attached hydrogen (secondary N) is 2. The first kappa shape index (κ1) is 23.1. The molecule has 0 aliphatic carbocycles. The zero-order valence-corrected chi connectivity index (χ0v) is 19.7. The van der Waals surface area contributed by atoms with Gasteiger partial charge in [-0.2, -0.15) is 0 Å². The van der Waals surface area contributed by atoms with Crippen molar-refractivity contribution < 1.29 is 8.42 Å². The van der Waals surface area contributed by atoms with Crippen molar-refractivity contribution >= 4 is 15.8 Å². The van der Waals surface area contributed by atoms with Gasteiger partial charge in [0.05, 0.1) is 17.0 Å². The molecule has 0 amide bonds. The molecule has 2 atom stereocenters. The average Bonchev–Trinajstić information content (AvgIpc) is 2.90. The topological polar surface area (TPSA) is 73.8 Å². The van der Waals surface area contributed by atoms with Crippen LogP contribution in [0.1, 0.15) is 58.9 Å². The van der Waals surface area contributed by atoms with E-state index in [1.165, 1.54) is 18.4 Å². The summed E-state index contributed by atoms with van der Waals surface area (Å²) in [5.41, 5.74) is 1.38.